The Kier molecular flexibility index (Phi) is 3.79. The lowest BCUT2D eigenvalue weighted by molar-refractivity contribution is 0.0822. The second-order valence-electron chi connectivity index (χ2n) is 4.55. The van der Waals surface area contributed by atoms with Gasteiger partial charge in [0.05, 0.1) is 5.69 Å². The molecule has 5 heteroatoms. The number of pyridine rings is 1. The van der Waals surface area contributed by atoms with Crippen LogP contribution < -0.4 is 5.73 Å². The van der Waals surface area contributed by atoms with Crippen molar-refractivity contribution >= 4 is 11.8 Å². The van der Waals surface area contributed by atoms with E-state index in [2.05, 4.69) is 4.98 Å². The van der Waals surface area contributed by atoms with Gasteiger partial charge >= 0.3 is 0 Å². The Morgan fingerprint density at radius 3 is 2.25 bits per heavy atom. The number of primary amides is 1. The molecule has 0 aliphatic heterocycles. The third-order valence-corrected chi connectivity index (χ3v) is 2.84. The summed E-state index contributed by atoms with van der Waals surface area (Å²) < 4.78 is 0. The van der Waals surface area contributed by atoms with Crippen molar-refractivity contribution in [1.82, 2.24) is 9.88 Å². The summed E-state index contributed by atoms with van der Waals surface area (Å²) >= 11 is 0. The van der Waals surface area contributed by atoms with Gasteiger partial charge in [-0.2, -0.15) is 0 Å². The van der Waals surface area contributed by atoms with E-state index in [1.54, 1.807) is 50.5 Å². The van der Waals surface area contributed by atoms with Crippen LogP contribution in [0.4, 0.5) is 0 Å². The average Bonchev–Trinajstić information content (AvgIpc) is 2.46. The van der Waals surface area contributed by atoms with Gasteiger partial charge in [0.15, 0.2) is 0 Å². The van der Waals surface area contributed by atoms with Gasteiger partial charge in [-0.15, -0.1) is 0 Å². The molecule has 1 heterocycles. The second-order valence-corrected chi connectivity index (χ2v) is 4.55. The molecule has 1 aromatic heterocycles. The van der Waals surface area contributed by atoms with Gasteiger partial charge in [-0.1, -0.05) is 18.2 Å². The van der Waals surface area contributed by atoms with Crippen LogP contribution in [0.3, 0.4) is 0 Å². The molecule has 0 fully saturated rings. The minimum Gasteiger partial charge on any atom is -0.366 e. The van der Waals surface area contributed by atoms with Crippen molar-refractivity contribution in [3.63, 3.8) is 0 Å². The smallest absolute Gasteiger partial charge is 0.271 e. The van der Waals surface area contributed by atoms with E-state index in [0.29, 0.717) is 17.0 Å². The summed E-state index contributed by atoms with van der Waals surface area (Å²) in [5.41, 5.74) is 7.51. The summed E-state index contributed by atoms with van der Waals surface area (Å²) in [6, 6.07) is 12.1. The predicted molar refractivity (Wildman–Crippen MR) is 76.2 cm³/mol. The first-order valence-electron chi connectivity index (χ1n) is 6.08. The average molecular weight is 269 g/mol. The number of hydrogen-bond acceptors (Lipinski definition) is 3. The largest absolute Gasteiger partial charge is 0.366 e. The Bertz CT molecular complexity index is 648. The van der Waals surface area contributed by atoms with E-state index in [4.69, 9.17) is 5.73 Å². The number of benzene rings is 1. The number of nitrogens with two attached hydrogens (primary N) is 1. The first-order valence-corrected chi connectivity index (χ1v) is 6.08. The molecule has 0 unspecified atom stereocenters. The van der Waals surface area contributed by atoms with Crippen molar-refractivity contribution in [3.05, 3.63) is 53.7 Å². The van der Waals surface area contributed by atoms with E-state index in [1.807, 2.05) is 6.07 Å². The highest BCUT2D eigenvalue weighted by Crippen LogP contribution is 2.18. The van der Waals surface area contributed by atoms with Crippen molar-refractivity contribution in [3.8, 4) is 11.3 Å². The monoisotopic (exact) mass is 269 g/mol. The Labute approximate surface area is 117 Å². The van der Waals surface area contributed by atoms with Gasteiger partial charge in [-0.3, -0.25) is 9.59 Å². The maximum absolute atomic E-state index is 11.9. The molecule has 0 aliphatic carbocycles. The topological polar surface area (TPSA) is 76.3 Å². The molecule has 2 N–H and O–H groups in total. The summed E-state index contributed by atoms with van der Waals surface area (Å²) in [4.78, 5) is 28.7. The molecule has 0 atom stereocenters. The van der Waals surface area contributed by atoms with E-state index in [-0.39, 0.29) is 5.91 Å². The lowest BCUT2D eigenvalue weighted by Gasteiger charge is -2.10. The fourth-order valence-corrected chi connectivity index (χ4v) is 1.75. The van der Waals surface area contributed by atoms with E-state index >= 15 is 0 Å². The summed E-state index contributed by atoms with van der Waals surface area (Å²) in [6.45, 7) is 0. The highest BCUT2D eigenvalue weighted by molar-refractivity contribution is 5.94. The van der Waals surface area contributed by atoms with Gasteiger partial charge in [-0.25, -0.2) is 4.98 Å². The zero-order valence-corrected chi connectivity index (χ0v) is 11.3. The molecule has 2 amide bonds. The standard InChI is InChI=1S/C15H15N3O2/c1-18(2)15(20)13-5-3-4-12(17-13)10-6-8-11(9-7-10)14(16)19/h3-9H,1-2H3,(H2,16,19). The van der Waals surface area contributed by atoms with Crippen LogP contribution in [-0.2, 0) is 0 Å². The summed E-state index contributed by atoms with van der Waals surface area (Å²) in [5, 5.41) is 0. The van der Waals surface area contributed by atoms with Crippen LogP contribution >= 0.6 is 0 Å². The third kappa shape index (κ3) is 2.83. The minimum absolute atomic E-state index is 0.152. The first-order chi connectivity index (χ1) is 9.49. The Balaban J connectivity index is 2.36. The summed E-state index contributed by atoms with van der Waals surface area (Å²) in [5.74, 6) is -0.623. The number of hydrogen-bond donors (Lipinski definition) is 1. The van der Waals surface area contributed by atoms with Crippen LogP contribution in [0.15, 0.2) is 42.5 Å². The molecule has 5 nitrogen and oxygen atoms in total. The van der Waals surface area contributed by atoms with Crippen molar-refractivity contribution in [2.75, 3.05) is 14.1 Å². The van der Waals surface area contributed by atoms with Gasteiger partial charge < -0.3 is 10.6 Å². The van der Waals surface area contributed by atoms with E-state index in [1.165, 1.54) is 4.90 Å². The van der Waals surface area contributed by atoms with Crippen LogP contribution in [0.25, 0.3) is 11.3 Å². The number of nitrogens with zero attached hydrogens (tertiary/aromatic N) is 2. The Hall–Kier alpha value is -2.69. The molecule has 0 aliphatic rings. The van der Waals surface area contributed by atoms with Crippen molar-refractivity contribution < 1.29 is 9.59 Å². The van der Waals surface area contributed by atoms with Crippen LogP contribution in [0.5, 0.6) is 0 Å². The zero-order chi connectivity index (χ0) is 14.7. The van der Waals surface area contributed by atoms with Gasteiger partial charge in [0.1, 0.15) is 5.69 Å². The van der Waals surface area contributed by atoms with Gasteiger partial charge in [0.2, 0.25) is 5.91 Å². The summed E-state index contributed by atoms with van der Waals surface area (Å²) in [7, 11) is 3.36. The van der Waals surface area contributed by atoms with E-state index in [0.717, 1.165) is 5.56 Å². The quantitative estimate of drug-likeness (QED) is 0.918. The first kappa shape index (κ1) is 13.7. The van der Waals surface area contributed by atoms with Crippen LogP contribution in [0.2, 0.25) is 0 Å². The zero-order valence-electron chi connectivity index (χ0n) is 11.3. The molecule has 2 rings (SSSR count). The van der Waals surface area contributed by atoms with Gasteiger partial charge in [0.25, 0.3) is 5.91 Å². The number of carbonyl (C=O) groups is 2. The molecular weight excluding hydrogens is 254 g/mol. The van der Waals surface area contributed by atoms with E-state index < -0.39 is 5.91 Å². The number of carbonyl (C=O) groups excluding carboxylic acids is 2. The third-order valence-electron chi connectivity index (χ3n) is 2.84. The predicted octanol–water partition coefficient (Wildman–Crippen LogP) is 1.55. The van der Waals surface area contributed by atoms with Crippen molar-refractivity contribution in [2.45, 2.75) is 0 Å². The molecule has 0 saturated carbocycles. The normalized spacial score (nSPS) is 10.1. The second kappa shape index (κ2) is 5.52. The Morgan fingerprint density at radius 1 is 1.05 bits per heavy atom. The lowest BCUT2D eigenvalue weighted by Crippen LogP contribution is -2.22. The molecule has 0 saturated heterocycles. The number of aromatic nitrogens is 1. The number of amides is 2. The van der Waals surface area contributed by atoms with E-state index in [9.17, 15) is 9.59 Å². The lowest BCUT2D eigenvalue weighted by atomic mass is 10.1. The fourth-order valence-electron chi connectivity index (χ4n) is 1.75. The van der Waals surface area contributed by atoms with Crippen LogP contribution in [-0.4, -0.2) is 35.8 Å². The summed E-state index contributed by atoms with van der Waals surface area (Å²) in [6.07, 6.45) is 0. The molecule has 0 spiro atoms. The minimum atomic E-state index is -0.471. The highest BCUT2D eigenvalue weighted by Gasteiger charge is 2.10. The molecule has 102 valence electrons. The van der Waals surface area contributed by atoms with Crippen LogP contribution in [0, 0.1) is 0 Å². The maximum Gasteiger partial charge on any atom is 0.271 e. The fraction of sp³-hybridized carbons (Fsp3) is 0.133. The molecule has 0 radical (unpaired) electrons. The van der Waals surface area contributed by atoms with Crippen molar-refractivity contribution in [2.24, 2.45) is 5.73 Å². The molecule has 1 aromatic carbocycles. The van der Waals surface area contributed by atoms with Gasteiger partial charge in [-0.05, 0) is 24.3 Å². The molecule has 0 bridgehead atoms. The molecular formula is C15H15N3O2. The van der Waals surface area contributed by atoms with Crippen LogP contribution in [0.1, 0.15) is 20.8 Å². The Morgan fingerprint density at radius 2 is 1.70 bits per heavy atom. The van der Waals surface area contributed by atoms with Crippen molar-refractivity contribution in [1.29, 1.82) is 0 Å². The maximum atomic E-state index is 11.9. The highest BCUT2D eigenvalue weighted by atomic mass is 16.2. The SMILES string of the molecule is CN(C)C(=O)c1cccc(-c2ccc(C(N)=O)cc2)n1. The molecule has 2 aromatic rings. The van der Waals surface area contributed by atoms with Gasteiger partial charge in [0, 0.05) is 25.2 Å². The number of rotatable bonds is 3. The molecule has 20 heavy (non-hydrogen) atoms.